The zero-order valence-corrected chi connectivity index (χ0v) is 12.5. The lowest BCUT2D eigenvalue weighted by molar-refractivity contribution is -0.139. The third-order valence-electron chi connectivity index (χ3n) is 2.94. The summed E-state index contributed by atoms with van der Waals surface area (Å²) in [4.78, 5) is 15.2. The van der Waals surface area contributed by atoms with Crippen LogP contribution < -0.4 is 4.72 Å². The largest absolute Gasteiger partial charge is 0.480 e. The van der Waals surface area contributed by atoms with Crippen molar-refractivity contribution in [2.75, 3.05) is 0 Å². The lowest BCUT2D eigenvalue weighted by atomic mass is 10.2. The second-order valence-corrected chi connectivity index (χ2v) is 6.24. The van der Waals surface area contributed by atoms with Crippen molar-refractivity contribution in [3.05, 3.63) is 30.0 Å². The lowest BCUT2D eigenvalue weighted by Gasteiger charge is -2.11. The molecule has 0 aliphatic rings. The highest BCUT2D eigenvalue weighted by Crippen LogP contribution is 2.16. The number of hydrogen-bond acceptors (Lipinski definition) is 5. The minimum Gasteiger partial charge on any atom is -0.480 e. The van der Waals surface area contributed by atoms with E-state index in [1.165, 1.54) is 27.8 Å². The van der Waals surface area contributed by atoms with Gasteiger partial charge in [-0.1, -0.05) is 0 Å². The van der Waals surface area contributed by atoms with Crippen LogP contribution in [0.5, 0.6) is 0 Å². The molecule has 1 unspecified atom stereocenters. The first-order valence-corrected chi connectivity index (χ1v) is 7.42. The molecule has 0 saturated carbocycles. The zero-order valence-electron chi connectivity index (χ0n) is 11.7. The Kier molecular flexibility index (Phi) is 3.83. The Balaban J connectivity index is 2.34. The average Bonchev–Trinajstić information content (AvgIpc) is 2.94. The molecule has 114 valence electrons. The van der Waals surface area contributed by atoms with Gasteiger partial charge in [-0.25, -0.2) is 13.4 Å². The number of imidazole rings is 1. The number of carboxylic acid groups (broad SMARTS) is 1. The van der Waals surface area contributed by atoms with Gasteiger partial charge in [0.25, 0.3) is 10.0 Å². The van der Waals surface area contributed by atoms with E-state index < -0.39 is 22.0 Å². The topological polar surface area (TPSA) is 119 Å². The molecule has 1 atom stereocenters. The van der Waals surface area contributed by atoms with Gasteiger partial charge in [0.1, 0.15) is 11.9 Å². The molecule has 0 aliphatic heterocycles. The Morgan fingerprint density at radius 3 is 2.48 bits per heavy atom. The van der Waals surface area contributed by atoms with E-state index in [1.54, 1.807) is 21.0 Å². The van der Waals surface area contributed by atoms with Gasteiger partial charge in [-0.2, -0.15) is 9.82 Å². The van der Waals surface area contributed by atoms with E-state index in [1.807, 2.05) is 0 Å². The fourth-order valence-electron chi connectivity index (χ4n) is 1.72. The summed E-state index contributed by atoms with van der Waals surface area (Å²) in [6.45, 7) is 1.65. The van der Waals surface area contributed by atoms with E-state index in [4.69, 9.17) is 0 Å². The second kappa shape index (κ2) is 5.30. The fourth-order valence-corrected chi connectivity index (χ4v) is 2.94. The number of aromatic nitrogens is 4. The maximum atomic E-state index is 12.2. The number of rotatable bonds is 5. The maximum absolute atomic E-state index is 12.2. The molecule has 0 amide bonds. The van der Waals surface area contributed by atoms with Crippen molar-refractivity contribution in [2.24, 2.45) is 14.1 Å². The van der Waals surface area contributed by atoms with Gasteiger partial charge in [-0.3, -0.25) is 9.48 Å². The van der Waals surface area contributed by atoms with Crippen LogP contribution >= 0.6 is 0 Å². The molecule has 2 heterocycles. The van der Waals surface area contributed by atoms with Gasteiger partial charge in [0.2, 0.25) is 0 Å². The lowest BCUT2D eigenvalue weighted by Crippen LogP contribution is -2.33. The summed E-state index contributed by atoms with van der Waals surface area (Å²) in [5, 5.41) is 12.8. The molecule has 2 aromatic rings. The predicted molar refractivity (Wildman–Crippen MR) is 71.9 cm³/mol. The Morgan fingerprint density at radius 1 is 1.38 bits per heavy atom. The zero-order chi connectivity index (χ0) is 15.8. The van der Waals surface area contributed by atoms with Crippen LogP contribution in [0.25, 0.3) is 0 Å². The summed E-state index contributed by atoms with van der Waals surface area (Å²) < 4.78 is 29.5. The SMILES string of the molecule is Cc1nc(S(=O)(=O)NC(C(=O)O)c2cnn(C)c2)cn1C. The van der Waals surface area contributed by atoms with E-state index in [0.717, 1.165) is 0 Å². The van der Waals surface area contributed by atoms with E-state index in [0.29, 0.717) is 5.82 Å². The van der Waals surface area contributed by atoms with Crippen molar-refractivity contribution in [3.8, 4) is 0 Å². The molecule has 21 heavy (non-hydrogen) atoms. The molecule has 9 nitrogen and oxygen atoms in total. The Labute approximate surface area is 121 Å². The quantitative estimate of drug-likeness (QED) is 0.773. The number of carbonyl (C=O) groups is 1. The maximum Gasteiger partial charge on any atom is 0.326 e. The number of sulfonamides is 1. The molecular formula is C11H15N5O4S. The molecule has 0 fully saturated rings. The highest BCUT2D eigenvalue weighted by molar-refractivity contribution is 7.89. The molecule has 2 rings (SSSR count). The van der Waals surface area contributed by atoms with Crippen molar-refractivity contribution in [1.82, 2.24) is 24.1 Å². The van der Waals surface area contributed by atoms with E-state index in [2.05, 4.69) is 14.8 Å². The van der Waals surface area contributed by atoms with Gasteiger partial charge >= 0.3 is 5.97 Å². The number of aryl methyl sites for hydroxylation is 3. The summed E-state index contributed by atoms with van der Waals surface area (Å²) in [6, 6.07) is -1.42. The number of nitrogens with zero attached hydrogens (tertiary/aromatic N) is 4. The second-order valence-electron chi connectivity index (χ2n) is 4.58. The summed E-state index contributed by atoms with van der Waals surface area (Å²) in [7, 11) is -0.785. The third-order valence-corrected chi connectivity index (χ3v) is 4.23. The molecule has 0 aromatic carbocycles. The minimum atomic E-state index is -4.04. The van der Waals surface area contributed by atoms with Gasteiger partial charge in [-0.05, 0) is 6.92 Å². The van der Waals surface area contributed by atoms with Crippen LogP contribution in [0.3, 0.4) is 0 Å². The Morgan fingerprint density at radius 2 is 2.05 bits per heavy atom. The number of nitrogens with one attached hydrogen (secondary N) is 1. The van der Waals surface area contributed by atoms with E-state index in [9.17, 15) is 18.3 Å². The molecule has 0 aliphatic carbocycles. The molecule has 0 spiro atoms. The summed E-state index contributed by atoms with van der Waals surface area (Å²) in [6.07, 6.45) is 4.05. The normalized spacial score (nSPS) is 13.3. The summed E-state index contributed by atoms with van der Waals surface area (Å²) in [5.41, 5.74) is 0.237. The first-order valence-electron chi connectivity index (χ1n) is 5.94. The van der Waals surface area contributed by atoms with Crippen LogP contribution in [0.15, 0.2) is 23.6 Å². The van der Waals surface area contributed by atoms with Crippen molar-refractivity contribution in [1.29, 1.82) is 0 Å². The van der Waals surface area contributed by atoms with Crippen LogP contribution in [-0.2, 0) is 28.9 Å². The van der Waals surface area contributed by atoms with Gasteiger partial charge in [-0.15, -0.1) is 0 Å². The van der Waals surface area contributed by atoms with Crippen LogP contribution in [0.2, 0.25) is 0 Å². The van der Waals surface area contributed by atoms with Gasteiger partial charge in [0, 0.05) is 32.1 Å². The summed E-state index contributed by atoms with van der Waals surface area (Å²) in [5.74, 6) is -0.817. The predicted octanol–water partition coefficient (Wildman–Crippen LogP) is -0.434. The first-order chi connectivity index (χ1) is 9.70. The number of aliphatic carboxylic acids is 1. The highest BCUT2D eigenvalue weighted by Gasteiger charge is 2.29. The smallest absolute Gasteiger partial charge is 0.326 e. The van der Waals surface area contributed by atoms with E-state index in [-0.39, 0.29) is 10.6 Å². The van der Waals surface area contributed by atoms with Crippen LogP contribution in [0.4, 0.5) is 0 Å². The average molecular weight is 313 g/mol. The highest BCUT2D eigenvalue weighted by atomic mass is 32.2. The number of hydrogen-bond donors (Lipinski definition) is 2. The van der Waals surface area contributed by atoms with Crippen LogP contribution in [0.1, 0.15) is 17.4 Å². The van der Waals surface area contributed by atoms with Crippen molar-refractivity contribution >= 4 is 16.0 Å². The third kappa shape index (κ3) is 3.11. The molecule has 0 bridgehead atoms. The Hall–Kier alpha value is -2.20. The monoisotopic (exact) mass is 313 g/mol. The Bertz CT molecular complexity index is 757. The van der Waals surface area contributed by atoms with Gasteiger partial charge < -0.3 is 9.67 Å². The minimum absolute atomic E-state index is 0.224. The molecular weight excluding hydrogens is 298 g/mol. The van der Waals surface area contributed by atoms with Gasteiger partial charge in [0.15, 0.2) is 5.03 Å². The molecule has 2 aromatic heterocycles. The molecule has 0 radical (unpaired) electrons. The van der Waals surface area contributed by atoms with Crippen molar-refractivity contribution < 1.29 is 18.3 Å². The van der Waals surface area contributed by atoms with Crippen molar-refractivity contribution in [3.63, 3.8) is 0 Å². The standard InChI is InChI=1S/C11H15N5O4S/c1-7-13-9(6-15(7)2)21(19,20)14-10(11(17)18)8-4-12-16(3)5-8/h4-6,10,14H,1-3H3,(H,17,18). The van der Waals surface area contributed by atoms with Crippen molar-refractivity contribution in [2.45, 2.75) is 18.0 Å². The first kappa shape index (κ1) is 15.2. The molecule has 10 heteroatoms. The molecule has 2 N–H and O–H groups in total. The summed E-state index contributed by atoms with van der Waals surface area (Å²) >= 11 is 0. The van der Waals surface area contributed by atoms with Crippen LogP contribution in [0, 0.1) is 6.92 Å². The number of carboxylic acids is 1. The van der Waals surface area contributed by atoms with Crippen LogP contribution in [-0.4, -0.2) is 38.8 Å². The molecule has 0 saturated heterocycles. The van der Waals surface area contributed by atoms with E-state index >= 15 is 0 Å². The van der Waals surface area contributed by atoms with Gasteiger partial charge in [0.05, 0.1) is 6.20 Å². The fraction of sp³-hybridized carbons (Fsp3) is 0.364.